The van der Waals surface area contributed by atoms with Crippen LogP contribution in [0.4, 0.5) is 0 Å². The van der Waals surface area contributed by atoms with Gasteiger partial charge in [-0.25, -0.2) is 0 Å². The van der Waals surface area contributed by atoms with Gasteiger partial charge in [-0.1, -0.05) is 40.0 Å². The van der Waals surface area contributed by atoms with Gasteiger partial charge in [-0.3, -0.25) is 4.79 Å². The molecule has 0 unspecified atom stereocenters. The van der Waals surface area contributed by atoms with Crippen molar-refractivity contribution in [1.82, 2.24) is 0 Å². The highest BCUT2D eigenvalue weighted by Crippen LogP contribution is 2.36. The lowest BCUT2D eigenvalue weighted by Crippen LogP contribution is -2.42. The molecule has 1 saturated carbocycles. The van der Waals surface area contributed by atoms with E-state index in [1.807, 2.05) is 0 Å². The number of hydrogen-bond donors (Lipinski definition) is 0. The molecule has 0 heterocycles. The predicted octanol–water partition coefficient (Wildman–Crippen LogP) is 4.16. The number of Topliss-reactive ketones (excluding diaryl/α,β-unsaturated/α-hetero) is 1. The summed E-state index contributed by atoms with van der Waals surface area (Å²) >= 11 is 0. The van der Waals surface area contributed by atoms with Gasteiger partial charge in [0.1, 0.15) is 0 Å². The van der Waals surface area contributed by atoms with Gasteiger partial charge in [0.15, 0.2) is 14.1 Å². The van der Waals surface area contributed by atoms with Crippen LogP contribution in [0.3, 0.4) is 0 Å². The van der Waals surface area contributed by atoms with E-state index in [9.17, 15) is 4.79 Å². The first-order valence-corrected chi connectivity index (χ1v) is 9.81. The summed E-state index contributed by atoms with van der Waals surface area (Å²) in [6, 6.07) is 0. The second-order valence-electron chi connectivity index (χ2n) is 6.85. The van der Waals surface area contributed by atoms with E-state index < -0.39 is 8.32 Å². The second kappa shape index (κ2) is 5.66. The summed E-state index contributed by atoms with van der Waals surface area (Å²) in [5, 5.41) is 0.194. The summed E-state index contributed by atoms with van der Waals surface area (Å²) in [5.41, 5.74) is 0. The van der Waals surface area contributed by atoms with Gasteiger partial charge >= 0.3 is 0 Å². The summed E-state index contributed by atoms with van der Waals surface area (Å²) < 4.78 is 6.00. The number of carbonyl (C=O) groups is 1. The summed E-state index contributed by atoms with van der Waals surface area (Å²) in [6.07, 6.45) is 5.90. The van der Waals surface area contributed by atoms with Crippen LogP contribution in [0.15, 0.2) is 0 Å². The van der Waals surface area contributed by atoms with E-state index in [-0.39, 0.29) is 11.0 Å². The van der Waals surface area contributed by atoms with Gasteiger partial charge in [0.2, 0.25) is 0 Å². The van der Waals surface area contributed by atoms with Crippen LogP contribution < -0.4 is 0 Å². The second-order valence-corrected chi connectivity index (χ2v) is 11.7. The molecule has 0 atom stereocenters. The minimum atomic E-state index is -1.75. The van der Waals surface area contributed by atoms with E-state index in [0.29, 0.717) is 12.4 Å². The Morgan fingerprint density at radius 1 is 1.18 bits per heavy atom. The third-order valence-electron chi connectivity index (χ3n) is 4.44. The van der Waals surface area contributed by atoms with Crippen molar-refractivity contribution in [3.8, 4) is 0 Å². The molecule has 0 saturated heterocycles. The van der Waals surface area contributed by atoms with Crippen molar-refractivity contribution in [2.45, 2.75) is 71.0 Å². The molecule has 0 spiro atoms. The zero-order chi connectivity index (χ0) is 13.1. The molecular formula is C14H28O2Si. The number of rotatable bonds is 4. The molecular weight excluding hydrogens is 228 g/mol. The Morgan fingerprint density at radius 3 is 2.18 bits per heavy atom. The lowest BCUT2D eigenvalue weighted by Gasteiger charge is -2.36. The molecule has 0 aromatic heterocycles. The normalized spacial score (nSPS) is 19.4. The Bertz CT molecular complexity index is 260. The van der Waals surface area contributed by atoms with Gasteiger partial charge in [-0.05, 0) is 31.0 Å². The third-order valence-corrected chi connectivity index (χ3v) is 8.92. The van der Waals surface area contributed by atoms with Gasteiger partial charge in [0.05, 0.1) is 6.61 Å². The smallest absolute Gasteiger partial charge is 0.192 e. The highest BCUT2D eigenvalue weighted by molar-refractivity contribution is 6.74. The summed E-state index contributed by atoms with van der Waals surface area (Å²) in [7, 11) is -1.75. The Morgan fingerprint density at radius 2 is 1.71 bits per heavy atom. The molecule has 100 valence electrons. The first-order chi connectivity index (χ1) is 7.74. The first kappa shape index (κ1) is 14.9. The molecule has 0 radical (unpaired) electrons. The maximum atomic E-state index is 12.1. The van der Waals surface area contributed by atoms with E-state index in [1.165, 1.54) is 19.3 Å². The standard InChI is InChI=1S/C14H28O2Si/c1-14(2,3)17(4,5)16-11-13(15)12-9-7-6-8-10-12/h12H,6-11H2,1-5H3. The quantitative estimate of drug-likeness (QED) is 0.706. The molecule has 1 aliphatic rings. The Labute approximate surface area is 107 Å². The van der Waals surface area contributed by atoms with Crippen molar-refractivity contribution in [2.75, 3.05) is 6.61 Å². The summed E-state index contributed by atoms with van der Waals surface area (Å²) in [4.78, 5) is 12.1. The first-order valence-electron chi connectivity index (χ1n) is 6.91. The van der Waals surface area contributed by atoms with E-state index >= 15 is 0 Å². The third kappa shape index (κ3) is 4.22. The molecule has 2 nitrogen and oxygen atoms in total. The molecule has 0 N–H and O–H groups in total. The average molecular weight is 256 g/mol. The lowest BCUT2D eigenvalue weighted by molar-refractivity contribution is -0.126. The van der Waals surface area contributed by atoms with Crippen LogP contribution in [0.1, 0.15) is 52.9 Å². The van der Waals surface area contributed by atoms with Crippen LogP contribution in [-0.4, -0.2) is 20.7 Å². The molecule has 0 aliphatic heterocycles. The molecule has 1 fully saturated rings. The number of hydrogen-bond acceptors (Lipinski definition) is 2. The van der Waals surface area contributed by atoms with Crippen LogP contribution in [0, 0.1) is 5.92 Å². The minimum Gasteiger partial charge on any atom is -0.410 e. The Hall–Kier alpha value is -0.153. The van der Waals surface area contributed by atoms with Gasteiger partial charge < -0.3 is 4.43 Å². The van der Waals surface area contributed by atoms with E-state index in [0.717, 1.165) is 12.8 Å². The maximum absolute atomic E-state index is 12.1. The van der Waals surface area contributed by atoms with Gasteiger partial charge in [0.25, 0.3) is 0 Å². The molecule has 17 heavy (non-hydrogen) atoms. The highest BCUT2D eigenvalue weighted by Gasteiger charge is 2.38. The topological polar surface area (TPSA) is 26.3 Å². The SMILES string of the molecule is CC(C)(C)[Si](C)(C)OCC(=O)C1CCCCC1. The van der Waals surface area contributed by atoms with Crippen LogP contribution in [0.5, 0.6) is 0 Å². The van der Waals surface area contributed by atoms with Crippen molar-refractivity contribution >= 4 is 14.1 Å². The fraction of sp³-hybridized carbons (Fsp3) is 0.929. The molecule has 1 rings (SSSR count). The molecule has 3 heteroatoms. The monoisotopic (exact) mass is 256 g/mol. The zero-order valence-electron chi connectivity index (χ0n) is 12.1. The number of ketones is 1. The highest BCUT2D eigenvalue weighted by atomic mass is 28.4. The summed E-state index contributed by atoms with van der Waals surface area (Å²) in [6.45, 7) is 11.4. The largest absolute Gasteiger partial charge is 0.410 e. The number of carbonyl (C=O) groups excluding carboxylic acids is 1. The molecule has 0 bridgehead atoms. The molecule has 1 aliphatic carbocycles. The molecule has 0 amide bonds. The van der Waals surface area contributed by atoms with Crippen molar-refractivity contribution in [1.29, 1.82) is 0 Å². The zero-order valence-corrected chi connectivity index (χ0v) is 13.1. The Kier molecular flexibility index (Phi) is 4.96. The van der Waals surface area contributed by atoms with E-state index in [1.54, 1.807) is 0 Å². The summed E-state index contributed by atoms with van der Waals surface area (Å²) in [5.74, 6) is 0.628. The van der Waals surface area contributed by atoms with Crippen molar-refractivity contribution in [2.24, 2.45) is 5.92 Å². The van der Waals surface area contributed by atoms with Crippen LogP contribution in [0.25, 0.3) is 0 Å². The average Bonchev–Trinajstić information content (AvgIpc) is 2.25. The van der Waals surface area contributed by atoms with Gasteiger partial charge in [0, 0.05) is 5.92 Å². The fourth-order valence-corrected chi connectivity index (χ4v) is 2.95. The van der Waals surface area contributed by atoms with Crippen LogP contribution >= 0.6 is 0 Å². The fourth-order valence-electron chi connectivity index (χ4n) is 2.01. The molecule has 0 aromatic rings. The van der Waals surface area contributed by atoms with E-state index in [2.05, 4.69) is 33.9 Å². The molecule has 0 aromatic carbocycles. The van der Waals surface area contributed by atoms with Crippen LogP contribution in [-0.2, 0) is 9.22 Å². The maximum Gasteiger partial charge on any atom is 0.192 e. The van der Waals surface area contributed by atoms with Crippen molar-refractivity contribution in [3.05, 3.63) is 0 Å². The van der Waals surface area contributed by atoms with Gasteiger partial charge in [-0.15, -0.1) is 0 Å². The van der Waals surface area contributed by atoms with Crippen molar-refractivity contribution < 1.29 is 9.22 Å². The lowest BCUT2D eigenvalue weighted by atomic mass is 9.86. The minimum absolute atomic E-state index is 0.194. The Balaban J connectivity index is 2.42. The predicted molar refractivity (Wildman–Crippen MR) is 74.7 cm³/mol. The van der Waals surface area contributed by atoms with Gasteiger partial charge in [-0.2, -0.15) is 0 Å². The van der Waals surface area contributed by atoms with E-state index in [4.69, 9.17) is 4.43 Å². The van der Waals surface area contributed by atoms with Crippen LogP contribution in [0.2, 0.25) is 18.1 Å². The van der Waals surface area contributed by atoms with Crippen molar-refractivity contribution in [3.63, 3.8) is 0 Å².